The maximum absolute atomic E-state index is 12.1. The highest BCUT2D eigenvalue weighted by Crippen LogP contribution is 2.19. The monoisotopic (exact) mass is 323 g/mol. The predicted molar refractivity (Wildman–Crippen MR) is 86.8 cm³/mol. The Hall–Kier alpha value is -1.50. The summed E-state index contributed by atoms with van der Waals surface area (Å²) in [5, 5.41) is 8.97. The van der Waals surface area contributed by atoms with Crippen molar-refractivity contribution in [3.8, 4) is 0 Å². The van der Waals surface area contributed by atoms with E-state index in [1.807, 2.05) is 18.4 Å². The van der Waals surface area contributed by atoms with Gasteiger partial charge in [0.05, 0.1) is 12.4 Å². The summed E-state index contributed by atoms with van der Waals surface area (Å²) in [7, 11) is -3.45. The largest absolute Gasteiger partial charge is 0.392 e. The van der Waals surface area contributed by atoms with E-state index in [0.717, 1.165) is 10.5 Å². The second kappa shape index (κ2) is 6.98. The zero-order valence-electron chi connectivity index (χ0n) is 11.6. The van der Waals surface area contributed by atoms with Crippen LogP contribution in [0.25, 0.3) is 0 Å². The molecule has 0 radical (unpaired) electrons. The number of aliphatic hydroxyl groups is 1. The third-order valence-corrected chi connectivity index (χ3v) is 4.93. The zero-order valence-corrected chi connectivity index (χ0v) is 13.2. The minimum atomic E-state index is -3.45. The number of aliphatic hydroxyl groups excluding tert-OH is 1. The molecule has 2 aromatic rings. The van der Waals surface area contributed by atoms with Gasteiger partial charge in [0.15, 0.2) is 0 Å². The highest BCUT2D eigenvalue weighted by Gasteiger charge is 2.11. The normalized spacial score (nSPS) is 11.3. The van der Waals surface area contributed by atoms with E-state index in [2.05, 4.69) is 4.72 Å². The van der Waals surface area contributed by atoms with Crippen LogP contribution in [0.5, 0.6) is 0 Å². The van der Waals surface area contributed by atoms with Gasteiger partial charge in [-0.05, 0) is 41.6 Å². The number of sulfonamides is 1. The van der Waals surface area contributed by atoms with Crippen molar-refractivity contribution in [2.24, 2.45) is 0 Å². The van der Waals surface area contributed by atoms with E-state index >= 15 is 0 Å². The maximum Gasteiger partial charge on any atom is 0.236 e. The Kier molecular flexibility index (Phi) is 5.27. The van der Waals surface area contributed by atoms with Crippen LogP contribution >= 0.6 is 11.8 Å². The van der Waals surface area contributed by atoms with Crippen LogP contribution in [0.3, 0.4) is 0 Å². The van der Waals surface area contributed by atoms with Crippen molar-refractivity contribution in [1.82, 2.24) is 0 Å². The zero-order chi connectivity index (χ0) is 15.3. The van der Waals surface area contributed by atoms with Crippen molar-refractivity contribution in [2.75, 3.05) is 11.0 Å². The molecule has 0 aliphatic heterocycles. The molecular formula is C15H17NO3S2. The molecule has 0 aromatic heterocycles. The Labute approximate surface area is 129 Å². The Morgan fingerprint density at radius 3 is 2.10 bits per heavy atom. The van der Waals surface area contributed by atoms with E-state index in [-0.39, 0.29) is 12.4 Å². The van der Waals surface area contributed by atoms with Gasteiger partial charge in [0.2, 0.25) is 10.0 Å². The van der Waals surface area contributed by atoms with E-state index in [1.54, 1.807) is 48.2 Å². The molecule has 6 heteroatoms. The molecule has 0 amide bonds. The van der Waals surface area contributed by atoms with Crippen LogP contribution < -0.4 is 4.72 Å². The number of hydrogen-bond acceptors (Lipinski definition) is 4. The molecule has 2 N–H and O–H groups in total. The number of rotatable bonds is 6. The summed E-state index contributed by atoms with van der Waals surface area (Å²) in [6, 6.07) is 14.1. The fourth-order valence-corrected chi connectivity index (χ4v) is 3.44. The minimum absolute atomic E-state index is 0.0485. The fraction of sp³-hybridized carbons (Fsp3) is 0.200. The first kappa shape index (κ1) is 15.9. The molecule has 21 heavy (non-hydrogen) atoms. The molecule has 0 aliphatic rings. The molecule has 112 valence electrons. The van der Waals surface area contributed by atoms with Gasteiger partial charge in [-0.2, -0.15) is 0 Å². The van der Waals surface area contributed by atoms with Gasteiger partial charge >= 0.3 is 0 Å². The van der Waals surface area contributed by atoms with Crippen LogP contribution in [0.1, 0.15) is 11.1 Å². The summed E-state index contributed by atoms with van der Waals surface area (Å²) >= 11 is 1.60. The Balaban J connectivity index is 2.06. The van der Waals surface area contributed by atoms with Crippen LogP contribution in [-0.4, -0.2) is 19.8 Å². The molecule has 0 atom stereocenters. The van der Waals surface area contributed by atoms with Crippen LogP contribution in [-0.2, 0) is 22.4 Å². The third-order valence-electron chi connectivity index (χ3n) is 2.93. The van der Waals surface area contributed by atoms with Gasteiger partial charge in [0.25, 0.3) is 0 Å². The summed E-state index contributed by atoms with van der Waals surface area (Å²) in [4.78, 5) is 1.08. The van der Waals surface area contributed by atoms with Crippen LogP contribution in [0, 0.1) is 0 Å². The first-order valence-corrected chi connectivity index (χ1v) is 9.23. The molecule has 0 unspecified atom stereocenters. The molecule has 0 aliphatic carbocycles. The van der Waals surface area contributed by atoms with Crippen molar-refractivity contribution in [3.05, 3.63) is 59.7 Å². The summed E-state index contributed by atoms with van der Waals surface area (Å²) in [6.45, 7) is -0.0485. The highest BCUT2D eigenvalue weighted by molar-refractivity contribution is 7.98. The molecule has 0 heterocycles. The van der Waals surface area contributed by atoms with Gasteiger partial charge in [-0.1, -0.05) is 24.3 Å². The van der Waals surface area contributed by atoms with Crippen molar-refractivity contribution in [1.29, 1.82) is 0 Å². The smallest absolute Gasteiger partial charge is 0.236 e. The molecule has 0 spiro atoms. The predicted octanol–water partition coefficient (Wildman–Crippen LogP) is 2.84. The number of hydrogen-bond donors (Lipinski definition) is 2. The Morgan fingerprint density at radius 2 is 1.57 bits per heavy atom. The first-order valence-electron chi connectivity index (χ1n) is 6.35. The van der Waals surface area contributed by atoms with Gasteiger partial charge in [-0.15, -0.1) is 11.8 Å². The summed E-state index contributed by atoms with van der Waals surface area (Å²) in [5.41, 5.74) is 2.00. The van der Waals surface area contributed by atoms with Crippen molar-refractivity contribution in [3.63, 3.8) is 0 Å². The quantitative estimate of drug-likeness (QED) is 0.802. The molecule has 0 fully saturated rings. The van der Waals surface area contributed by atoms with Crippen LogP contribution in [0.4, 0.5) is 5.69 Å². The lowest BCUT2D eigenvalue weighted by Gasteiger charge is -2.09. The Morgan fingerprint density at radius 1 is 1.00 bits per heavy atom. The van der Waals surface area contributed by atoms with E-state index in [9.17, 15) is 8.42 Å². The Bertz CT molecular complexity index is 624. The molecule has 2 aromatic carbocycles. The van der Waals surface area contributed by atoms with Crippen molar-refractivity contribution in [2.45, 2.75) is 17.3 Å². The topological polar surface area (TPSA) is 66.4 Å². The SMILES string of the molecule is CSc1ccc(NS(=O)(=O)Cc2ccc(CO)cc2)cc1. The van der Waals surface area contributed by atoms with E-state index in [0.29, 0.717) is 11.3 Å². The standard InChI is InChI=1S/C15H17NO3S2/c1-20-15-8-6-14(7-9-15)16-21(18,19)11-13-4-2-12(10-17)3-5-13/h2-9,16-17H,10-11H2,1H3. The second-order valence-corrected chi connectivity index (χ2v) is 7.17. The molecule has 2 rings (SSSR count). The molecular weight excluding hydrogens is 306 g/mol. The number of anilines is 1. The van der Waals surface area contributed by atoms with Crippen molar-refractivity contribution < 1.29 is 13.5 Å². The van der Waals surface area contributed by atoms with E-state index in [1.165, 1.54) is 0 Å². The molecule has 0 saturated carbocycles. The number of benzene rings is 2. The summed E-state index contributed by atoms with van der Waals surface area (Å²) < 4.78 is 26.8. The third kappa shape index (κ3) is 4.77. The lowest BCUT2D eigenvalue weighted by atomic mass is 10.2. The second-order valence-electron chi connectivity index (χ2n) is 4.56. The van der Waals surface area contributed by atoms with Gasteiger partial charge in [0, 0.05) is 10.6 Å². The van der Waals surface area contributed by atoms with E-state index < -0.39 is 10.0 Å². The van der Waals surface area contributed by atoms with Gasteiger partial charge in [-0.3, -0.25) is 4.72 Å². The van der Waals surface area contributed by atoms with Crippen LogP contribution in [0.15, 0.2) is 53.4 Å². The average Bonchev–Trinajstić information content (AvgIpc) is 2.48. The first-order chi connectivity index (χ1) is 10.0. The highest BCUT2D eigenvalue weighted by atomic mass is 32.2. The maximum atomic E-state index is 12.1. The lowest BCUT2D eigenvalue weighted by Crippen LogP contribution is -2.15. The number of nitrogens with one attached hydrogen (secondary N) is 1. The number of thioether (sulfide) groups is 1. The van der Waals surface area contributed by atoms with Gasteiger partial charge < -0.3 is 5.11 Å². The molecule has 4 nitrogen and oxygen atoms in total. The molecule has 0 bridgehead atoms. The molecule has 0 saturated heterocycles. The summed E-state index contributed by atoms with van der Waals surface area (Å²) in [6.07, 6.45) is 1.97. The van der Waals surface area contributed by atoms with Gasteiger partial charge in [-0.25, -0.2) is 8.42 Å². The van der Waals surface area contributed by atoms with Crippen molar-refractivity contribution >= 4 is 27.5 Å². The van der Waals surface area contributed by atoms with Crippen LogP contribution in [0.2, 0.25) is 0 Å². The average molecular weight is 323 g/mol. The lowest BCUT2D eigenvalue weighted by molar-refractivity contribution is 0.282. The minimum Gasteiger partial charge on any atom is -0.392 e. The summed E-state index contributed by atoms with van der Waals surface area (Å²) in [5.74, 6) is -0.0943. The van der Waals surface area contributed by atoms with E-state index in [4.69, 9.17) is 5.11 Å². The van der Waals surface area contributed by atoms with Gasteiger partial charge in [0.1, 0.15) is 0 Å². The fourth-order valence-electron chi connectivity index (χ4n) is 1.84.